The van der Waals surface area contributed by atoms with Crippen molar-refractivity contribution in [3.8, 4) is 5.75 Å². The van der Waals surface area contributed by atoms with Crippen molar-refractivity contribution in [1.29, 1.82) is 0 Å². The predicted molar refractivity (Wildman–Crippen MR) is 83.1 cm³/mol. The molecule has 8 heteroatoms. The fourth-order valence-electron chi connectivity index (χ4n) is 2.00. The van der Waals surface area contributed by atoms with Gasteiger partial charge in [-0.25, -0.2) is 8.42 Å². The summed E-state index contributed by atoms with van der Waals surface area (Å²) in [6, 6.07) is 11.0. The molecule has 0 aliphatic rings. The summed E-state index contributed by atoms with van der Waals surface area (Å²) in [5, 5.41) is 20.7. The maximum atomic E-state index is 12.3. The van der Waals surface area contributed by atoms with Crippen molar-refractivity contribution in [1.82, 2.24) is 0 Å². The summed E-state index contributed by atoms with van der Waals surface area (Å²) in [5.74, 6) is 0.0109. The highest BCUT2D eigenvalue weighted by Gasteiger charge is 2.21. The van der Waals surface area contributed by atoms with E-state index in [4.69, 9.17) is 4.74 Å². The molecular formula is C15H15NO6S. The van der Waals surface area contributed by atoms with Crippen LogP contribution in [0.4, 0.5) is 5.69 Å². The molecule has 2 aromatic carbocycles. The number of hydrogen-bond donors (Lipinski definition) is 1. The highest BCUT2D eigenvalue weighted by Crippen LogP contribution is 2.23. The fourth-order valence-corrected chi connectivity index (χ4v) is 3.35. The Bertz CT molecular complexity index is 784. The number of sulfone groups is 1. The van der Waals surface area contributed by atoms with E-state index in [9.17, 15) is 23.6 Å². The van der Waals surface area contributed by atoms with Crippen LogP contribution in [0.1, 0.15) is 11.7 Å². The maximum Gasteiger partial charge on any atom is 0.269 e. The largest absolute Gasteiger partial charge is 0.497 e. The monoisotopic (exact) mass is 337 g/mol. The molecule has 1 N–H and O–H groups in total. The number of methoxy groups -OCH3 is 1. The molecule has 23 heavy (non-hydrogen) atoms. The van der Waals surface area contributed by atoms with Gasteiger partial charge in [0.1, 0.15) is 5.75 Å². The number of rotatable bonds is 6. The highest BCUT2D eigenvalue weighted by molar-refractivity contribution is 7.91. The average molecular weight is 337 g/mol. The van der Waals surface area contributed by atoms with Crippen LogP contribution in [-0.2, 0) is 9.84 Å². The van der Waals surface area contributed by atoms with Crippen molar-refractivity contribution in [2.75, 3.05) is 12.9 Å². The number of ether oxygens (including phenoxy) is 1. The van der Waals surface area contributed by atoms with Crippen LogP contribution in [0, 0.1) is 10.1 Å². The van der Waals surface area contributed by atoms with E-state index in [1.807, 2.05) is 0 Å². The van der Waals surface area contributed by atoms with Crippen molar-refractivity contribution in [2.45, 2.75) is 11.0 Å². The number of non-ortho nitro benzene ring substituents is 1. The minimum Gasteiger partial charge on any atom is -0.497 e. The highest BCUT2D eigenvalue weighted by atomic mass is 32.2. The molecule has 2 aromatic rings. The van der Waals surface area contributed by atoms with E-state index >= 15 is 0 Å². The third-order valence-corrected chi connectivity index (χ3v) is 5.03. The molecule has 0 fully saturated rings. The number of nitro groups is 1. The molecule has 0 spiro atoms. The fraction of sp³-hybridized carbons (Fsp3) is 0.200. The lowest BCUT2D eigenvalue weighted by molar-refractivity contribution is -0.384. The number of benzene rings is 2. The van der Waals surface area contributed by atoms with Gasteiger partial charge in [0.05, 0.1) is 28.8 Å². The summed E-state index contributed by atoms with van der Waals surface area (Å²) in [4.78, 5) is 10.1. The van der Waals surface area contributed by atoms with Gasteiger partial charge in [-0.15, -0.1) is 0 Å². The van der Waals surface area contributed by atoms with Crippen LogP contribution in [0.15, 0.2) is 53.4 Å². The van der Waals surface area contributed by atoms with Gasteiger partial charge < -0.3 is 9.84 Å². The number of aliphatic hydroxyl groups excluding tert-OH is 1. The molecule has 0 aromatic heterocycles. The third-order valence-electron chi connectivity index (χ3n) is 3.28. The summed E-state index contributed by atoms with van der Waals surface area (Å²) in [5.41, 5.74) is 0.173. The molecule has 122 valence electrons. The number of nitrogens with zero attached hydrogens (tertiary/aromatic N) is 1. The molecular weight excluding hydrogens is 322 g/mol. The van der Waals surface area contributed by atoms with Crippen molar-refractivity contribution in [3.63, 3.8) is 0 Å². The standard InChI is InChI=1S/C15H15NO6S/c1-22-13-6-8-14(9-7-13)23(20,21)10-15(17)11-2-4-12(5-3-11)16(18)19/h2-9,15,17H,10H2,1H3. The van der Waals surface area contributed by atoms with Crippen molar-refractivity contribution in [2.24, 2.45) is 0 Å². The second-order valence-electron chi connectivity index (χ2n) is 4.82. The Kier molecular flexibility index (Phi) is 4.97. The summed E-state index contributed by atoms with van der Waals surface area (Å²) in [6.45, 7) is 0. The molecule has 0 aliphatic carbocycles. The van der Waals surface area contributed by atoms with Gasteiger partial charge in [-0.2, -0.15) is 0 Å². The molecule has 0 heterocycles. The smallest absolute Gasteiger partial charge is 0.269 e. The predicted octanol–water partition coefficient (Wildman–Crippen LogP) is 2.11. The van der Waals surface area contributed by atoms with E-state index in [2.05, 4.69) is 0 Å². The van der Waals surface area contributed by atoms with E-state index in [-0.39, 0.29) is 10.6 Å². The van der Waals surface area contributed by atoms with Crippen LogP contribution in [0.3, 0.4) is 0 Å². The van der Waals surface area contributed by atoms with Gasteiger partial charge in [0, 0.05) is 12.1 Å². The zero-order valence-corrected chi connectivity index (χ0v) is 13.1. The van der Waals surface area contributed by atoms with E-state index in [0.717, 1.165) is 0 Å². The second kappa shape index (κ2) is 6.76. The summed E-state index contributed by atoms with van der Waals surface area (Å²) < 4.78 is 29.5. The Hall–Kier alpha value is -2.45. The molecule has 2 rings (SSSR count). The lowest BCUT2D eigenvalue weighted by Gasteiger charge is -2.12. The molecule has 1 atom stereocenters. The van der Waals surface area contributed by atoms with Crippen molar-refractivity contribution >= 4 is 15.5 Å². The minimum absolute atomic E-state index is 0.0688. The summed E-state index contributed by atoms with van der Waals surface area (Å²) >= 11 is 0. The second-order valence-corrected chi connectivity index (χ2v) is 6.86. The molecule has 1 unspecified atom stereocenters. The first-order chi connectivity index (χ1) is 10.8. The lowest BCUT2D eigenvalue weighted by Crippen LogP contribution is -2.14. The lowest BCUT2D eigenvalue weighted by atomic mass is 10.1. The first-order valence-corrected chi connectivity index (χ1v) is 8.28. The molecule has 0 saturated carbocycles. The number of hydrogen-bond acceptors (Lipinski definition) is 6. The Morgan fingerprint density at radius 3 is 2.17 bits per heavy atom. The molecule has 0 amide bonds. The molecule has 0 bridgehead atoms. The zero-order valence-electron chi connectivity index (χ0n) is 12.2. The van der Waals surface area contributed by atoms with Crippen LogP contribution in [0.5, 0.6) is 5.75 Å². The quantitative estimate of drug-likeness (QED) is 0.639. The van der Waals surface area contributed by atoms with E-state index < -0.39 is 26.6 Å². The molecule has 7 nitrogen and oxygen atoms in total. The topological polar surface area (TPSA) is 107 Å². The van der Waals surface area contributed by atoms with Crippen LogP contribution in [-0.4, -0.2) is 31.3 Å². The van der Waals surface area contributed by atoms with E-state index in [0.29, 0.717) is 11.3 Å². The number of nitro benzene ring substituents is 1. The Labute approximate surface area is 133 Å². The molecule has 0 aliphatic heterocycles. The zero-order chi connectivity index (χ0) is 17.0. The molecule has 0 saturated heterocycles. The van der Waals surface area contributed by atoms with E-state index in [1.165, 1.54) is 55.6 Å². The Morgan fingerprint density at radius 1 is 1.13 bits per heavy atom. The van der Waals surface area contributed by atoms with Gasteiger partial charge in [0.25, 0.3) is 5.69 Å². The van der Waals surface area contributed by atoms with Crippen molar-refractivity contribution in [3.05, 3.63) is 64.2 Å². The van der Waals surface area contributed by atoms with Gasteiger partial charge in [0.2, 0.25) is 0 Å². The third kappa shape index (κ3) is 4.05. The van der Waals surface area contributed by atoms with Crippen LogP contribution < -0.4 is 4.74 Å². The van der Waals surface area contributed by atoms with Gasteiger partial charge in [-0.05, 0) is 42.0 Å². The van der Waals surface area contributed by atoms with E-state index in [1.54, 1.807) is 0 Å². The van der Waals surface area contributed by atoms with Gasteiger partial charge >= 0.3 is 0 Å². The minimum atomic E-state index is -3.70. The van der Waals surface area contributed by atoms with Crippen molar-refractivity contribution < 1.29 is 23.2 Å². The Balaban J connectivity index is 2.16. The van der Waals surface area contributed by atoms with Crippen LogP contribution in [0.2, 0.25) is 0 Å². The summed E-state index contributed by atoms with van der Waals surface area (Å²) in [6.07, 6.45) is -1.28. The number of aliphatic hydroxyl groups is 1. The summed E-state index contributed by atoms with van der Waals surface area (Å²) in [7, 11) is -2.22. The van der Waals surface area contributed by atoms with Crippen LogP contribution in [0.25, 0.3) is 0 Å². The first kappa shape index (κ1) is 16.9. The van der Waals surface area contributed by atoms with Gasteiger partial charge in [0.15, 0.2) is 9.84 Å². The normalized spacial score (nSPS) is 12.6. The molecule has 0 radical (unpaired) electrons. The van der Waals surface area contributed by atoms with Gasteiger partial charge in [-0.1, -0.05) is 0 Å². The first-order valence-electron chi connectivity index (χ1n) is 6.63. The Morgan fingerprint density at radius 2 is 1.70 bits per heavy atom. The van der Waals surface area contributed by atoms with Crippen LogP contribution >= 0.6 is 0 Å². The average Bonchev–Trinajstić information content (AvgIpc) is 2.54. The SMILES string of the molecule is COc1ccc(S(=O)(=O)CC(O)c2ccc([N+](=O)[O-])cc2)cc1. The van der Waals surface area contributed by atoms with Gasteiger partial charge in [-0.3, -0.25) is 10.1 Å². The maximum absolute atomic E-state index is 12.3.